The first-order valence-corrected chi connectivity index (χ1v) is 4.82. The van der Waals surface area contributed by atoms with Crippen molar-refractivity contribution in [3.8, 4) is 0 Å². The van der Waals surface area contributed by atoms with Crippen molar-refractivity contribution in [3.63, 3.8) is 0 Å². The molecule has 0 heterocycles. The van der Waals surface area contributed by atoms with Crippen LogP contribution in [0.5, 0.6) is 0 Å². The molecule has 0 unspecified atom stereocenters. The summed E-state index contributed by atoms with van der Waals surface area (Å²) in [6.45, 7) is 0. The zero-order chi connectivity index (χ0) is 10.1. The average Bonchev–Trinajstić information content (AvgIpc) is 2.03. The first-order chi connectivity index (χ1) is 5.93. The van der Waals surface area contributed by atoms with Crippen molar-refractivity contribution in [2.75, 3.05) is 0 Å². The van der Waals surface area contributed by atoms with Crippen molar-refractivity contribution < 1.29 is 9.31 Å². The van der Waals surface area contributed by atoms with E-state index in [9.17, 15) is 14.5 Å². The Bertz CT molecular complexity index is 338. The number of rotatable bonds is 2. The third kappa shape index (κ3) is 2.47. The highest BCUT2D eigenvalue weighted by Gasteiger charge is 2.31. The normalized spacial score (nSPS) is 11.3. The first-order valence-electron chi connectivity index (χ1n) is 3.23. The fourth-order valence-corrected chi connectivity index (χ4v) is 1.54. The third-order valence-electron chi connectivity index (χ3n) is 1.41. The maximum Gasteiger partial charge on any atom is 0.277 e. The number of hydrogen-bond donors (Lipinski definition) is 0. The number of nitro groups is 1. The minimum absolute atomic E-state index is 0.0556. The van der Waals surface area contributed by atoms with Crippen LogP contribution in [0.4, 0.5) is 10.1 Å². The Balaban J connectivity index is 3.28. The molecule has 0 spiro atoms. The van der Waals surface area contributed by atoms with Gasteiger partial charge in [-0.1, -0.05) is 12.1 Å². The highest BCUT2D eigenvalue weighted by atomic mass is 79.9. The largest absolute Gasteiger partial charge is 0.277 e. The molecule has 0 aliphatic rings. The van der Waals surface area contributed by atoms with Crippen LogP contribution in [0, 0.1) is 10.1 Å². The highest BCUT2D eigenvalue weighted by molar-refractivity contribution is 9.24. The van der Waals surface area contributed by atoms with Crippen molar-refractivity contribution in [3.05, 3.63) is 39.9 Å². The summed E-state index contributed by atoms with van der Waals surface area (Å²) >= 11 is 5.30. The number of halogens is 3. The van der Waals surface area contributed by atoms with Gasteiger partial charge in [0.1, 0.15) is 0 Å². The molecule has 1 aromatic rings. The fraction of sp³-hybridized carbons (Fsp3) is 0.143. The summed E-state index contributed by atoms with van der Waals surface area (Å²) in [5.74, 6) is 0. The Hall–Kier alpha value is -0.490. The van der Waals surface area contributed by atoms with Gasteiger partial charge < -0.3 is 0 Å². The lowest BCUT2D eigenvalue weighted by molar-refractivity contribution is -0.385. The van der Waals surface area contributed by atoms with E-state index in [1.54, 1.807) is 0 Å². The van der Waals surface area contributed by atoms with E-state index >= 15 is 0 Å². The molecular formula is C7H4Br2FNO2. The molecule has 6 heteroatoms. The molecule has 0 fully saturated rings. The molecule has 70 valence electrons. The molecule has 0 bridgehead atoms. The van der Waals surface area contributed by atoms with Crippen molar-refractivity contribution in [1.82, 2.24) is 0 Å². The van der Waals surface area contributed by atoms with Gasteiger partial charge in [0.15, 0.2) is 0 Å². The van der Waals surface area contributed by atoms with Crippen LogP contribution >= 0.6 is 31.9 Å². The summed E-state index contributed by atoms with van der Waals surface area (Å²) in [7, 11) is 0. The molecule has 0 atom stereocenters. The number of benzene rings is 1. The Kier molecular flexibility index (Phi) is 3.02. The van der Waals surface area contributed by atoms with E-state index in [0.29, 0.717) is 0 Å². The van der Waals surface area contributed by atoms with Crippen molar-refractivity contribution in [2.24, 2.45) is 0 Å². The minimum Gasteiger partial charge on any atom is -0.258 e. The predicted octanol–water partition coefficient (Wildman–Crippen LogP) is 3.46. The van der Waals surface area contributed by atoms with Crippen molar-refractivity contribution in [1.29, 1.82) is 0 Å². The van der Waals surface area contributed by atoms with Crippen LogP contribution in [0.2, 0.25) is 0 Å². The van der Waals surface area contributed by atoms with Crippen LogP contribution in [0.3, 0.4) is 0 Å². The van der Waals surface area contributed by atoms with Gasteiger partial charge in [-0.25, -0.2) is 4.39 Å². The van der Waals surface area contributed by atoms with E-state index in [1.807, 2.05) is 0 Å². The molecule has 0 amide bonds. The predicted molar refractivity (Wildman–Crippen MR) is 53.7 cm³/mol. The second-order valence-electron chi connectivity index (χ2n) is 2.27. The molecule has 3 nitrogen and oxygen atoms in total. The lowest BCUT2D eigenvalue weighted by atomic mass is 10.2. The summed E-state index contributed by atoms with van der Waals surface area (Å²) in [5.41, 5.74) is -0.321. The van der Waals surface area contributed by atoms with Crippen molar-refractivity contribution >= 4 is 37.5 Å². The lowest BCUT2D eigenvalue weighted by Crippen LogP contribution is -2.04. The second kappa shape index (κ2) is 3.71. The van der Waals surface area contributed by atoms with Gasteiger partial charge in [0.25, 0.3) is 9.17 Å². The quantitative estimate of drug-likeness (QED) is 0.477. The Morgan fingerprint density at radius 2 is 1.92 bits per heavy atom. The standard InChI is InChI=1S/C7H4Br2FNO2/c8-7(9,10)5-3-1-2-4-6(5)11(12)13/h1-4H. The molecular weight excluding hydrogens is 309 g/mol. The van der Waals surface area contributed by atoms with E-state index in [-0.39, 0.29) is 11.3 Å². The van der Waals surface area contributed by atoms with Crippen molar-refractivity contribution in [2.45, 2.75) is 3.49 Å². The maximum absolute atomic E-state index is 13.3. The molecule has 0 radical (unpaired) electrons. The Morgan fingerprint density at radius 3 is 2.31 bits per heavy atom. The smallest absolute Gasteiger partial charge is 0.258 e. The SMILES string of the molecule is O=[N+]([O-])c1ccccc1C(F)(Br)Br. The van der Waals surface area contributed by atoms with Gasteiger partial charge in [-0.05, 0) is 37.9 Å². The van der Waals surface area contributed by atoms with Gasteiger partial charge in [-0.15, -0.1) is 0 Å². The number of hydrogen-bond acceptors (Lipinski definition) is 2. The molecule has 0 N–H and O–H groups in total. The maximum atomic E-state index is 13.3. The Labute approximate surface area is 90.3 Å². The van der Waals surface area contributed by atoms with Crippen LogP contribution in [0.1, 0.15) is 5.56 Å². The van der Waals surface area contributed by atoms with Crippen LogP contribution in [0.25, 0.3) is 0 Å². The molecule has 0 aliphatic heterocycles. The zero-order valence-corrected chi connectivity index (χ0v) is 9.38. The van der Waals surface area contributed by atoms with E-state index in [4.69, 9.17) is 0 Å². The molecule has 0 saturated carbocycles. The number of nitro benzene ring substituents is 1. The van der Waals surface area contributed by atoms with Gasteiger partial charge in [0.05, 0.1) is 10.5 Å². The summed E-state index contributed by atoms with van der Waals surface area (Å²) < 4.78 is 11.2. The summed E-state index contributed by atoms with van der Waals surface area (Å²) in [5, 5.41) is 10.5. The van der Waals surface area contributed by atoms with Gasteiger partial charge in [-0.2, -0.15) is 0 Å². The van der Waals surface area contributed by atoms with E-state index in [1.165, 1.54) is 24.3 Å². The van der Waals surface area contributed by atoms with E-state index in [0.717, 1.165) is 0 Å². The van der Waals surface area contributed by atoms with Crippen LogP contribution in [-0.2, 0) is 3.49 Å². The average molecular weight is 313 g/mol. The molecule has 13 heavy (non-hydrogen) atoms. The molecule has 0 saturated heterocycles. The molecule has 0 aliphatic carbocycles. The number of nitrogens with zero attached hydrogens (tertiary/aromatic N) is 1. The van der Waals surface area contributed by atoms with Gasteiger partial charge >= 0.3 is 0 Å². The highest BCUT2D eigenvalue weighted by Crippen LogP contribution is 2.43. The van der Waals surface area contributed by atoms with Crippen LogP contribution in [0.15, 0.2) is 24.3 Å². The summed E-state index contributed by atoms with van der Waals surface area (Å²) in [4.78, 5) is 9.83. The molecule has 0 aromatic heterocycles. The van der Waals surface area contributed by atoms with Gasteiger partial charge in [0.2, 0.25) is 0 Å². The monoisotopic (exact) mass is 311 g/mol. The first kappa shape index (κ1) is 10.6. The third-order valence-corrected chi connectivity index (χ3v) is 2.26. The fourth-order valence-electron chi connectivity index (χ4n) is 0.873. The second-order valence-corrected chi connectivity index (χ2v) is 5.52. The zero-order valence-electron chi connectivity index (χ0n) is 6.21. The van der Waals surface area contributed by atoms with E-state index in [2.05, 4.69) is 31.9 Å². The Morgan fingerprint density at radius 1 is 1.38 bits per heavy atom. The van der Waals surface area contributed by atoms with Gasteiger partial charge in [0, 0.05) is 6.07 Å². The van der Waals surface area contributed by atoms with E-state index < -0.39 is 8.41 Å². The van der Waals surface area contributed by atoms with Crippen LogP contribution < -0.4 is 0 Å². The summed E-state index contributed by atoms with van der Waals surface area (Å²) in [6, 6.07) is 5.58. The topological polar surface area (TPSA) is 43.1 Å². The number of alkyl halides is 3. The lowest BCUT2D eigenvalue weighted by Gasteiger charge is -2.09. The minimum atomic E-state index is -2.05. The van der Waals surface area contributed by atoms with Crippen LogP contribution in [-0.4, -0.2) is 4.92 Å². The van der Waals surface area contributed by atoms with Gasteiger partial charge in [-0.3, -0.25) is 10.1 Å². The molecule has 1 aromatic carbocycles. The number of para-hydroxylation sites is 1. The molecule has 1 rings (SSSR count). The summed E-state index contributed by atoms with van der Waals surface area (Å²) in [6.07, 6.45) is 0.